The van der Waals surface area contributed by atoms with Gasteiger partial charge in [-0.2, -0.15) is 0 Å². The molecule has 0 aliphatic heterocycles. The van der Waals surface area contributed by atoms with Crippen LogP contribution < -0.4 is 9.62 Å². The van der Waals surface area contributed by atoms with Crippen LogP contribution in [0.2, 0.25) is 10.0 Å². The highest BCUT2D eigenvalue weighted by molar-refractivity contribution is 14.1. The Labute approximate surface area is 218 Å². The van der Waals surface area contributed by atoms with Crippen molar-refractivity contribution in [1.82, 2.24) is 10.2 Å². The average molecular weight is 626 g/mol. The van der Waals surface area contributed by atoms with E-state index in [9.17, 15) is 18.0 Å². The van der Waals surface area contributed by atoms with Gasteiger partial charge in [-0.15, -0.1) is 0 Å². The Balaban J connectivity index is 2.39. The zero-order chi connectivity index (χ0) is 24.8. The molecule has 0 aliphatic carbocycles. The summed E-state index contributed by atoms with van der Waals surface area (Å²) >= 11 is 14.4. The van der Waals surface area contributed by atoms with E-state index in [0.717, 1.165) is 20.6 Å². The van der Waals surface area contributed by atoms with Crippen LogP contribution in [0.15, 0.2) is 42.5 Å². The van der Waals surface area contributed by atoms with Gasteiger partial charge >= 0.3 is 0 Å². The number of sulfonamides is 1. The molecule has 0 spiro atoms. The fourth-order valence-corrected chi connectivity index (χ4v) is 4.71. The van der Waals surface area contributed by atoms with E-state index in [1.807, 2.05) is 6.92 Å². The summed E-state index contributed by atoms with van der Waals surface area (Å²) in [6, 6.07) is 10.8. The maximum absolute atomic E-state index is 13.4. The Hall–Kier alpha value is -1.56. The van der Waals surface area contributed by atoms with Crippen molar-refractivity contribution in [2.45, 2.75) is 32.9 Å². The van der Waals surface area contributed by atoms with Crippen molar-refractivity contribution in [3.8, 4) is 0 Å². The first kappa shape index (κ1) is 27.7. The van der Waals surface area contributed by atoms with E-state index in [1.165, 1.54) is 4.90 Å². The second-order valence-electron chi connectivity index (χ2n) is 7.47. The van der Waals surface area contributed by atoms with Crippen LogP contribution in [0.3, 0.4) is 0 Å². The lowest BCUT2D eigenvalue weighted by molar-refractivity contribution is -0.139. The van der Waals surface area contributed by atoms with E-state index >= 15 is 0 Å². The van der Waals surface area contributed by atoms with Crippen molar-refractivity contribution < 1.29 is 18.0 Å². The minimum Gasteiger partial charge on any atom is -0.354 e. The molecular weight excluding hydrogens is 600 g/mol. The lowest BCUT2D eigenvalue weighted by atomic mass is 10.1. The monoisotopic (exact) mass is 625 g/mol. The number of nitrogens with one attached hydrogen (secondary N) is 1. The van der Waals surface area contributed by atoms with Gasteiger partial charge in [0.15, 0.2) is 0 Å². The largest absolute Gasteiger partial charge is 0.354 e. The van der Waals surface area contributed by atoms with Gasteiger partial charge in [0.2, 0.25) is 21.8 Å². The minimum absolute atomic E-state index is 0.0137. The zero-order valence-electron chi connectivity index (χ0n) is 18.5. The van der Waals surface area contributed by atoms with Crippen molar-refractivity contribution in [3.05, 3.63) is 61.6 Å². The summed E-state index contributed by atoms with van der Waals surface area (Å²) in [6.07, 6.45) is 1.78. The summed E-state index contributed by atoms with van der Waals surface area (Å²) in [5.74, 6) is -0.875. The van der Waals surface area contributed by atoms with Crippen molar-refractivity contribution in [3.63, 3.8) is 0 Å². The first-order chi connectivity index (χ1) is 15.4. The third-order valence-electron chi connectivity index (χ3n) is 4.87. The highest BCUT2D eigenvalue weighted by Gasteiger charge is 2.30. The normalized spacial score (nSPS) is 12.2. The number of carbonyl (C=O) groups is 2. The molecule has 0 fully saturated rings. The summed E-state index contributed by atoms with van der Waals surface area (Å²) in [4.78, 5) is 27.4. The number of halogens is 3. The van der Waals surface area contributed by atoms with Gasteiger partial charge in [0.25, 0.3) is 0 Å². The molecule has 0 bridgehead atoms. The Morgan fingerprint density at radius 1 is 1.12 bits per heavy atom. The second-order valence-corrected chi connectivity index (χ2v) is 11.5. The molecule has 1 N–H and O–H groups in total. The van der Waals surface area contributed by atoms with E-state index in [0.29, 0.717) is 27.8 Å². The Kier molecular flexibility index (Phi) is 10.3. The van der Waals surface area contributed by atoms with Crippen LogP contribution in [-0.4, -0.2) is 50.5 Å². The molecule has 33 heavy (non-hydrogen) atoms. The summed E-state index contributed by atoms with van der Waals surface area (Å²) in [5.41, 5.74) is 0.948. The van der Waals surface area contributed by atoms with Gasteiger partial charge in [-0.25, -0.2) is 8.42 Å². The fraction of sp³-hybridized carbons (Fsp3) is 0.364. The maximum atomic E-state index is 13.4. The standard InChI is InChI=1S/C22H26Cl2IN3O4S/c1-4-11-26-22(30)15(2)27(13-16-5-6-17(23)12-20(16)24)21(29)14-28(33(3,31)32)19-9-7-18(25)8-10-19/h5-10,12,15H,4,11,13-14H2,1-3H3,(H,26,30). The molecule has 0 saturated heterocycles. The number of anilines is 1. The van der Waals surface area contributed by atoms with Gasteiger partial charge in [0, 0.05) is 26.7 Å². The summed E-state index contributed by atoms with van der Waals surface area (Å²) in [7, 11) is -3.77. The van der Waals surface area contributed by atoms with E-state index in [1.54, 1.807) is 49.4 Å². The fourth-order valence-electron chi connectivity index (χ4n) is 3.03. The van der Waals surface area contributed by atoms with Crippen LogP contribution in [-0.2, 0) is 26.2 Å². The zero-order valence-corrected chi connectivity index (χ0v) is 23.0. The first-order valence-corrected chi connectivity index (χ1v) is 13.9. The van der Waals surface area contributed by atoms with Gasteiger partial charge in [-0.05, 0) is 77.9 Å². The third-order valence-corrected chi connectivity index (χ3v) is 7.31. The van der Waals surface area contributed by atoms with Crippen molar-refractivity contribution in [2.24, 2.45) is 0 Å². The van der Waals surface area contributed by atoms with Crippen LogP contribution in [0.25, 0.3) is 0 Å². The quantitative estimate of drug-likeness (QED) is 0.399. The number of benzene rings is 2. The minimum atomic E-state index is -3.77. The highest BCUT2D eigenvalue weighted by Crippen LogP contribution is 2.24. The molecule has 0 aromatic heterocycles. The maximum Gasteiger partial charge on any atom is 0.244 e. The number of hydrogen-bond acceptors (Lipinski definition) is 4. The summed E-state index contributed by atoms with van der Waals surface area (Å²) < 4.78 is 27.0. The molecule has 2 aromatic carbocycles. The summed E-state index contributed by atoms with van der Waals surface area (Å²) in [5, 5.41) is 3.57. The topological polar surface area (TPSA) is 86.8 Å². The lowest BCUT2D eigenvalue weighted by Crippen LogP contribution is -2.51. The summed E-state index contributed by atoms with van der Waals surface area (Å²) in [6.45, 7) is 3.54. The SMILES string of the molecule is CCCNC(=O)C(C)N(Cc1ccc(Cl)cc1Cl)C(=O)CN(c1ccc(I)cc1)S(C)(=O)=O. The predicted molar refractivity (Wildman–Crippen MR) is 141 cm³/mol. The Morgan fingerprint density at radius 3 is 2.30 bits per heavy atom. The van der Waals surface area contributed by atoms with Gasteiger partial charge in [0.1, 0.15) is 12.6 Å². The second kappa shape index (κ2) is 12.2. The van der Waals surface area contributed by atoms with Crippen LogP contribution >= 0.6 is 45.8 Å². The molecule has 2 amide bonds. The molecule has 0 saturated carbocycles. The van der Waals surface area contributed by atoms with E-state index in [4.69, 9.17) is 23.2 Å². The van der Waals surface area contributed by atoms with Crippen LogP contribution in [0.4, 0.5) is 5.69 Å². The molecule has 1 unspecified atom stereocenters. The number of rotatable bonds is 10. The first-order valence-electron chi connectivity index (χ1n) is 10.2. The van der Waals surface area contributed by atoms with Crippen LogP contribution in [0, 0.1) is 3.57 Å². The van der Waals surface area contributed by atoms with Crippen LogP contribution in [0.1, 0.15) is 25.8 Å². The van der Waals surface area contributed by atoms with E-state index in [2.05, 4.69) is 27.9 Å². The molecular formula is C22H26Cl2IN3O4S. The van der Waals surface area contributed by atoms with Crippen molar-refractivity contribution >= 4 is 73.3 Å². The van der Waals surface area contributed by atoms with Gasteiger partial charge < -0.3 is 10.2 Å². The molecule has 180 valence electrons. The molecule has 0 aliphatic rings. The van der Waals surface area contributed by atoms with E-state index in [-0.39, 0.29) is 12.5 Å². The van der Waals surface area contributed by atoms with Gasteiger partial charge in [-0.1, -0.05) is 36.2 Å². The molecule has 0 heterocycles. The van der Waals surface area contributed by atoms with E-state index < -0.39 is 28.5 Å². The van der Waals surface area contributed by atoms with Gasteiger partial charge in [0.05, 0.1) is 11.9 Å². The molecule has 7 nitrogen and oxygen atoms in total. The lowest BCUT2D eigenvalue weighted by Gasteiger charge is -2.31. The van der Waals surface area contributed by atoms with Gasteiger partial charge in [-0.3, -0.25) is 13.9 Å². The predicted octanol–water partition coefficient (Wildman–Crippen LogP) is 4.31. The smallest absolute Gasteiger partial charge is 0.244 e. The van der Waals surface area contributed by atoms with Crippen molar-refractivity contribution in [1.29, 1.82) is 0 Å². The third kappa shape index (κ3) is 8.01. The molecule has 2 rings (SSSR count). The van der Waals surface area contributed by atoms with Crippen molar-refractivity contribution in [2.75, 3.05) is 23.7 Å². The van der Waals surface area contributed by atoms with Crippen LogP contribution in [0.5, 0.6) is 0 Å². The number of carbonyl (C=O) groups excluding carboxylic acids is 2. The number of nitrogens with zero attached hydrogens (tertiary/aromatic N) is 2. The number of amides is 2. The molecule has 1 atom stereocenters. The number of hydrogen-bond donors (Lipinski definition) is 1. The Bertz CT molecular complexity index is 1100. The Morgan fingerprint density at radius 2 is 1.76 bits per heavy atom. The molecule has 2 aromatic rings. The highest BCUT2D eigenvalue weighted by atomic mass is 127. The average Bonchev–Trinajstić information content (AvgIpc) is 2.74. The molecule has 0 radical (unpaired) electrons. The molecule has 11 heteroatoms.